The molecule has 0 spiro atoms. The first-order chi connectivity index (χ1) is 19.5. The van der Waals surface area contributed by atoms with Crippen LogP contribution in [0.4, 0.5) is 14.9 Å². The Kier molecular flexibility index (Phi) is 9.44. The average Bonchev–Trinajstić information content (AvgIpc) is 2.96. The summed E-state index contributed by atoms with van der Waals surface area (Å²) in [4.78, 5) is 26.0. The van der Waals surface area contributed by atoms with Gasteiger partial charge < -0.3 is 29.7 Å². The molecule has 224 valence electrons. The fourth-order valence-electron chi connectivity index (χ4n) is 7.01. The van der Waals surface area contributed by atoms with Crippen molar-refractivity contribution in [3.8, 4) is 11.5 Å². The standard InChI is InChI=1S/C31H41FN2O7/c1-30-12-11-27(41-29(38)34-21-13-22(39-3)15-23(14-21)40-4)31(2,18-35)26(30)10-9-25(36)24(30)16-28(37)33-17-19-5-7-20(32)8-6-19/h5-8,13-15,24-27,35-36H,9-12,16-18H2,1-4H3,(H,33,37)(H,34,38). The molecule has 2 saturated carbocycles. The highest BCUT2D eigenvalue weighted by Crippen LogP contribution is 2.61. The molecule has 0 bridgehead atoms. The lowest BCUT2D eigenvalue weighted by molar-refractivity contribution is -0.185. The average molecular weight is 573 g/mol. The topological polar surface area (TPSA) is 126 Å². The maximum absolute atomic E-state index is 13.2. The number of methoxy groups -OCH3 is 2. The zero-order chi connectivity index (χ0) is 29.8. The van der Waals surface area contributed by atoms with Gasteiger partial charge in [0, 0.05) is 36.6 Å². The number of aliphatic hydroxyl groups excluding tert-OH is 2. The molecule has 0 aromatic heterocycles. The number of nitrogens with one attached hydrogen (secondary N) is 2. The predicted octanol–water partition coefficient (Wildman–Crippen LogP) is 4.65. The SMILES string of the molecule is COc1cc(NC(=O)OC2CCC3(C)C(CC(=O)NCc4ccc(F)cc4)C(O)CCC3C2(C)CO)cc(OC)c1. The number of rotatable bonds is 9. The number of carbonyl (C=O) groups excluding carboxylic acids is 2. The number of hydrogen-bond acceptors (Lipinski definition) is 7. The molecule has 41 heavy (non-hydrogen) atoms. The number of ether oxygens (including phenoxy) is 3. The molecule has 0 saturated heterocycles. The Labute approximate surface area is 240 Å². The summed E-state index contributed by atoms with van der Waals surface area (Å²) in [6.07, 6.45) is 0.443. The lowest BCUT2D eigenvalue weighted by atomic mass is 9.46. The summed E-state index contributed by atoms with van der Waals surface area (Å²) in [6.45, 7) is 4.05. The van der Waals surface area contributed by atoms with Gasteiger partial charge in [-0.3, -0.25) is 10.1 Å². The van der Waals surface area contributed by atoms with Gasteiger partial charge in [-0.25, -0.2) is 9.18 Å². The van der Waals surface area contributed by atoms with Crippen LogP contribution in [0.5, 0.6) is 11.5 Å². The lowest BCUT2D eigenvalue weighted by Crippen LogP contribution is -2.61. The van der Waals surface area contributed by atoms with Crippen LogP contribution in [0.1, 0.15) is 51.5 Å². The molecule has 2 aromatic carbocycles. The fraction of sp³-hybridized carbons (Fsp3) is 0.548. The first-order valence-electron chi connectivity index (χ1n) is 14.0. The van der Waals surface area contributed by atoms with Gasteiger partial charge in [-0.05, 0) is 60.6 Å². The van der Waals surface area contributed by atoms with E-state index in [0.717, 1.165) is 5.56 Å². The van der Waals surface area contributed by atoms with Crippen LogP contribution >= 0.6 is 0 Å². The lowest BCUT2D eigenvalue weighted by Gasteiger charge is -2.60. The molecule has 6 unspecified atom stereocenters. The predicted molar refractivity (Wildman–Crippen MR) is 151 cm³/mol. The summed E-state index contributed by atoms with van der Waals surface area (Å²) in [5, 5.41) is 27.3. The molecular formula is C31H41FN2O7. The van der Waals surface area contributed by atoms with Crippen molar-refractivity contribution in [1.29, 1.82) is 0 Å². The van der Waals surface area contributed by atoms with E-state index in [-0.39, 0.29) is 43.1 Å². The van der Waals surface area contributed by atoms with E-state index in [0.29, 0.717) is 42.9 Å². The highest BCUT2D eigenvalue weighted by atomic mass is 19.1. The van der Waals surface area contributed by atoms with Crippen molar-refractivity contribution < 1.29 is 38.4 Å². The maximum Gasteiger partial charge on any atom is 0.411 e. The minimum atomic E-state index is -0.778. The van der Waals surface area contributed by atoms with Crippen LogP contribution in [0.3, 0.4) is 0 Å². The number of anilines is 1. The minimum absolute atomic E-state index is 0.0956. The highest BCUT2D eigenvalue weighted by Gasteiger charge is 2.60. The Morgan fingerprint density at radius 2 is 1.68 bits per heavy atom. The number of hydrogen-bond donors (Lipinski definition) is 4. The van der Waals surface area contributed by atoms with Crippen molar-refractivity contribution in [2.45, 2.75) is 64.7 Å². The first-order valence-corrected chi connectivity index (χ1v) is 14.0. The summed E-state index contributed by atoms with van der Waals surface area (Å²) in [5.74, 6) is 0.0658. The van der Waals surface area contributed by atoms with Crippen LogP contribution in [0.15, 0.2) is 42.5 Å². The van der Waals surface area contributed by atoms with Crippen molar-refractivity contribution >= 4 is 17.7 Å². The zero-order valence-corrected chi connectivity index (χ0v) is 24.1. The van der Waals surface area contributed by atoms with Crippen LogP contribution in [-0.4, -0.2) is 55.2 Å². The summed E-state index contributed by atoms with van der Waals surface area (Å²) in [5.41, 5.74) is -0.00705. The maximum atomic E-state index is 13.2. The molecule has 2 aliphatic carbocycles. The number of carbonyl (C=O) groups is 2. The second-order valence-electron chi connectivity index (χ2n) is 11.7. The number of halogens is 1. The minimum Gasteiger partial charge on any atom is -0.497 e. The number of aliphatic hydroxyl groups is 2. The summed E-state index contributed by atoms with van der Waals surface area (Å²) in [6, 6.07) is 10.9. The second kappa shape index (κ2) is 12.7. The third-order valence-corrected chi connectivity index (χ3v) is 9.33. The third-order valence-electron chi connectivity index (χ3n) is 9.33. The van der Waals surface area contributed by atoms with E-state index >= 15 is 0 Å². The van der Waals surface area contributed by atoms with Crippen molar-refractivity contribution in [2.24, 2.45) is 22.7 Å². The smallest absolute Gasteiger partial charge is 0.411 e. The highest BCUT2D eigenvalue weighted by molar-refractivity contribution is 5.85. The zero-order valence-electron chi connectivity index (χ0n) is 24.1. The van der Waals surface area contributed by atoms with Gasteiger partial charge in [0.15, 0.2) is 0 Å². The van der Waals surface area contributed by atoms with Crippen molar-refractivity contribution in [2.75, 3.05) is 26.1 Å². The first kappa shape index (κ1) is 30.6. The van der Waals surface area contributed by atoms with Crippen LogP contribution in [-0.2, 0) is 16.1 Å². The van der Waals surface area contributed by atoms with Crippen LogP contribution in [0.2, 0.25) is 0 Å². The molecule has 0 aliphatic heterocycles. The van der Waals surface area contributed by atoms with Gasteiger partial charge in [0.25, 0.3) is 0 Å². The molecule has 0 radical (unpaired) electrons. The molecule has 0 heterocycles. The van der Waals surface area contributed by atoms with Gasteiger partial charge in [0.2, 0.25) is 5.91 Å². The number of benzene rings is 2. The van der Waals surface area contributed by atoms with E-state index in [9.17, 15) is 24.2 Å². The van der Waals surface area contributed by atoms with Gasteiger partial charge >= 0.3 is 6.09 Å². The number of amides is 2. The number of fused-ring (bicyclic) bond motifs is 1. The molecule has 6 atom stereocenters. The van der Waals surface area contributed by atoms with Crippen LogP contribution < -0.4 is 20.1 Å². The quantitative estimate of drug-likeness (QED) is 0.345. The molecule has 2 aromatic rings. The molecule has 10 heteroatoms. The van der Waals surface area contributed by atoms with Gasteiger partial charge in [-0.15, -0.1) is 0 Å². The Bertz CT molecular complexity index is 1200. The Hall–Kier alpha value is -3.37. The van der Waals surface area contributed by atoms with Gasteiger partial charge in [0.1, 0.15) is 23.4 Å². The summed E-state index contributed by atoms with van der Waals surface area (Å²) >= 11 is 0. The molecule has 4 rings (SSSR count). The third kappa shape index (κ3) is 6.59. The monoisotopic (exact) mass is 572 g/mol. The Morgan fingerprint density at radius 3 is 2.29 bits per heavy atom. The van der Waals surface area contributed by atoms with E-state index in [2.05, 4.69) is 17.6 Å². The molecule has 2 fully saturated rings. The molecule has 2 aliphatic rings. The van der Waals surface area contributed by atoms with E-state index < -0.39 is 29.1 Å². The molecule has 2 amide bonds. The Balaban J connectivity index is 1.45. The normalized spacial score (nSPS) is 29.1. The molecule has 4 N–H and O–H groups in total. The summed E-state index contributed by atoms with van der Waals surface area (Å²) < 4.78 is 29.7. The van der Waals surface area contributed by atoms with Crippen molar-refractivity contribution in [1.82, 2.24) is 5.32 Å². The van der Waals surface area contributed by atoms with Crippen molar-refractivity contribution in [3.63, 3.8) is 0 Å². The largest absolute Gasteiger partial charge is 0.497 e. The van der Waals surface area contributed by atoms with Crippen LogP contribution in [0.25, 0.3) is 0 Å². The van der Waals surface area contributed by atoms with Gasteiger partial charge in [-0.2, -0.15) is 0 Å². The molecular weight excluding hydrogens is 531 g/mol. The second-order valence-corrected chi connectivity index (χ2v) is 11.7. The van der Waals surface area contributed by atoms with Gasteiger partial charge in [0.05, 0.1) is 32.6 Å². The van der Waals surface area contributed by atoms with E-state index in [1.54, 1.807) is 30.3 Å². The van der Waals surface area contributed by atoms with E-state index in [1.807, 2.05) is 6.92 Å². The van der Waals surface area contributed by atoms with E-state index in [1.165, 1.54) is 26.4 Å². The Morgan fingerprint density at radius 1 is 1.02 bits per heavy atom. The van der Waals surface area contributed by atoms with Gasteiger partial charge in [-0.1, -0.05) is 26.0 Å². The van der Waals surface area contributed by atoms with Crippen molar-refractivity contribution in [3.05, 3.63) is 53.8 Å². The molecule has 9 nitrogen and oxygen atoms in total. The van der Waals surface area contributed by atoms with Crippen LogP contribution in [0, 0.1) is 28.5 Å². The fourth-order valence-corrected chi connectivity index (χ4v) is 7.01. The van der Waals surface area contributed by atoms with E-state index in [4.69, 9.17) is 14.2 Å². The summed E-state index contributed by atoms with van der Waals surface area (Å²) in [7, 11) is 3.04.